The average molecular weight is 464 g/mol. The summed E-state index contributed by atoms with van der Waals surface area (Å²) in [6.45, 7) is -22.8. The number of morpholine rings is 1. The summed E-state index contributed by atoms with van der Waals surface area (Å²) in [5.74, 6) is -2.72. The molecule has 0 aliphatic carbocycles. The molecule has 3 aliphatic heterocycles. The monoisotopic (exact) mass is 463 g/mol. The Hall–Kier alpha value is -3.23. The van der Waals surface area contributed by atoms with Crippen LogP contribution in [-0.2, 0) is 33.9 Å². The number of hydrogen-bond acceptors (Lipinski definition) is 6. The molecule has 8 nitrogen and oxygen atoms in total. The summed E-state index contributed by atoms with van der Waals surface area (Å²) in [7, 11) is 0. The number of amides is 3. The van der Waals surface area contributed by atoms with Gasteiger partial charge in [-0.05, 0) is 29.7 Å². The van der Waals surface area contributed by atoms with Crippen LogP contribution >= 0.6 is 0 Å². The Labute approximate surface area is 212 Å². The van der Waals surface area contributed by atoms with E-state index in [9.17, 15) is 14.4 Å². The summed E-state index contributed by atoms with van der Waals surface area (Å²) in [5, 5.41) is 2.07. The van der Waals surface area contributed by atoms with E-state index in [4.69, 9.17) is 23.9 Å². The molecule has 0 spiro atoms. The van der Waals surface area contributed by atoms with Crippen molar-refractivity contribution in [3.8, 4) is 5.75 Å². The minimum atomic E-state index is -3.55. The van der Waals surface area contributed by atoms with E-state index < -0.39 is 80.7 Å². The normalized spacial score (nSPS) is 35.9. The number of rotatable bonds is 6. The lowest BCUT2D eigenvalue weighted by Crippen LogP contribution is -2.52. The summed E-state index contributed by atoms with van der Waals surface area (Å²) < 4.78 is 126. The number of ether oxygens (including phenoxy) is 2. The van der Waals surface area contributed by atoms with E-state index in [1.165, 1.54) is 18.2 Å². The maximum absolute atomic E-state index is 13.3. The van der Waals surface area contributed by atoms with Crippen LogP contribution in [0.4, 0.5) is 0 Å². The van der Waals surface area contributed by atoms with Crippen LogP contribution in [0.25, 0.3) is 0 Å². The van der Waals surface area contributed by atoms with E-state index in [1.54, 1.807) is 0 Å². The number of fused-ring (bicyclic) bond motifs is 1. The van der Waals surface area contributed by atoms with Crippen molar-refractivity contribution in [2.75, 3.05) is 26.1 Å². The summed E-state index contributed by atoms with van der Waals surface area (Å²) in [6, 6.07) is 6.33. The molecule has 2 aromatic carbocycles. The van der Waals surface area contributed by atoms with E-state index in [0.717, 1.165) is 24.3 Å². The second-order valence-electron chi connectivity index (χ2n) is 7.19. The van der Waals surface area contributed by atoms with Crippen LogP contribution in [0, 0.1) is 0 Å². The van der Waals surface area contributed by atoms with Crippen molar-refractivity contribution >= 4 is 17.7 Å². The van der Waals surface area contributed by atoms with Crippen LogP contribution in [-0.4, -0.2) is 59.7 Å². The number of nitrogens with one attached hydrogen (secondary N) is 1. The molecule has 2 aromatic rings. The zero-order valence-electron chi connectivity index (χ0n) is 31.0. The molecule has 0 bridgehead atoms. The van der Waals surface area contributed by atoms with Gasteiger partial charge in [0.15, 0.2) is 0 Å². The first-order valence-electron chi connectivity index (χ1n) is 16.9. The highest BCUT2D eigenvalue weighted by atomic mass is 16.5. The summed E-state index contributed by atoms with van der Waals surface area (Å²) in [6.07, 6.45) is -0.267. The number of benzene rings is 2. The van der Waals surface area contributed by atoms with Gasteiger partial charge in [0.05, 0.1) is 30.6 Å². The van der Waals surface area contributed by atoms with Gasteiger partial charge in [-0.15, -0.1) is 0 Å². The Kier molecular flexibility index (Phi) is 3.05. The summed E-state index contributed by atoms with van der Waals surface area (Å²) >= 11 is 0. The standard InChI is InChI=1S/C25H27N3O5/c29-23-9-8-21(24(30)26-23)28-15-20-19(25(28)31)2-1-3-22(20)33-16-18-6-4-17(5-7-18)14-27-10-12-32-13-11-27/h1-7,21H,8-16H2,(H,26,29,30)/t21-/m0/s1/i10D2,11D2,12D2,13D2,14D2,15D2,16D2. The molecule has 0 radical (unpaired) electrons. The van der Waals surface area contributed by atoms with Gasteiger partial charge in [0.25, 0.3) is 5.91 Å². The smallest absolute Gasteiger partial charge is 0.255 e. The number of carbonyl (C=O) groups is 3. The Morgan fingerprint density at radius 1 is 1.09 bits per heavy atom. The fraction of sp³-hybridized carbons (Fsp3) is 0.400. The van der Waals surface area contributed by atoms with Crippen LogP contribution in [0.5, 0.6) is 5.75 Å². The van der Waals surface area contributed by atoms with Gasteiger partial charge in [0.1, 0.15) is 18.4 Å². The van der Waals surface area contributed by atoms with E-state index in [2.05, 4.69) is 10.1 Å². The van der Waals surface area contributed by atoms with Gasteiger partial charge in [0, 0.05) is 45.3 Å². The molecular formula is C25H27N3O5. The summed E-state index contributed by atoms with van der Waals surface area (Å²) in [4.78, 5) is 37.8. The van der Waals surface area contributed by atoms with E-state index in [0.29, 0.717) is 4.90 Å². The van der Waals surface area contributed by atoms with Gasteiger partial charge in [-0.25, -0.2) is 0 Å². The number of piperidine rings is 1. The van der Waals surface area contributed by atoms with E-state index >= 15 is 0 Å². The molecule has 3 amide bonds. The minimum Gasteiger partial charge on any atom is -0.489 e. The second-order valence-corrected chi connectivity index (χ2v) is 7.19. The van der Waals surface area contributed by atoms with Crippen LogP contribution in [0.2, 0.25) is 0 Å². The third-order valence-corrected chi connectivity index (χ3v) is 5.05. The largest absolute Gasteiger partial charge is 0.489 e. The van der Waals surface area contributed by atoms with Crippen molar-refractivity contribution in [2.45, 2.75) is 38.4 Å². The highest BCUT2D eigenvalue weighted by Gasteiger charge is 2.40. The van der Waals surface area contributed by atoms with Crippen LogP contribution < -0.4 is 10.1 Å². The Morgan fingerprint density at radius 3 is 2.61 bits per heavy atom. The lowest BCUT2D eigenvalue weighted by Gasteiger charge is -2.29. The molecule has 3 heterocycles. The van der Waals surface area contributed by atoms with Crippen molar-refractivity contribution in [1.82, 2.24) is 15.1 Å². The van der Waals surface area contributed by atoms with E-state index in [1.807, 2.05) is 0 Å². The molecule has 2 saturated heterocycles. The lowest BCUT2D eigenvalue weighted by molar-refractivity contribution is -0.136. The van der Waals surface area contributed by atoms with Crippen molar-refractivity contribution in [1.29, 1.82) is 0 Å². The first-order valence-corrected chi connectivity index (χ1v) is 9.92. The van der Waals surface area contributed by atoms with Crippen molar-refractivity contribution < 1.29 is 43.0 Å². The highest BCUT2D eigenvalue weighted by Crippen LogP contribution is 2.34. The zero-order valence-corrected chi connectivity index (χ0v) is 17.0. The lowest BCUT2D eigenvalue weighted by atomic mass is 10.0. The average Bonchev–Trinajstić information content (AvgIpc) is 3.12. The molecule has 1 N–H and O–H groups in total. The fourth-order valence-electron chi connectivity index (χ4n) is 3.46. The Morgan fingerprint density at radius 2 is 1.85 bits per heavy atom. The minimum absolute atomic E-state index is 0.132. The zero-order chi connectivity index (χ0) is 35.3. The van der Waals surface area contributed by atoms with Gasteiger partial charge < -0.3 is 14.4 Å². The van der Waals surface area contributed by atoms with Crippen molar-refractivity contribution in [2.24, 2.45) is 0 Å². The Balaban J connectivity index is 1.46. The quantitative estimate of drug-likeness (QED) is 0.658. The van der Waals surface area contributed by atoms with Crippen LogP contribution in [0.1, 0.15) is 59.1 Å². The SMILES string of the molecule is [2H]C([2H])(Oc1cccc2c1C([2H])([2H])N([C@H]1CCC(=O)NC1=O)C2=O)c1ccc(C([2H])([2H])N2C([2H])([2H])C([2H])([2H])OC([2H])([2H])C2([2H])[2H])cc1. The van der Waals surface area contributed by atoms with Crippen molar-refractivity contribution in [3.05, 3.63) is 64.7 Å². The third kappa shape index (κ3) is 4.62. The molecule has 33 heavy (non-hydrogen) atoms. The number of carbonyl (C=O) groups excluding carboxylic acids is 3. The third-order valence-electron chi connectivity index (χ3n) is 5.05. The highest BCUT2D eigenvalue weighted by molar-refractivity contribution is 6.05. The molecule has 172 valence electrons. The molecule has 0 aromatic heterocycles. The maximum atomic E-state index is 13.3. The topological polar surface area (TPSA) is 88.2 Å². The molecule has 3 aliphatic rings. The van der Waals surface area contributed by atoms with Crippen LogP contribution in [0.3, 0.4) is 0 Å². The molecule has 0 saturated carbocycles. The molecule has 1 atom stereocenters. The van der Waals surface area contributed by atoms with Gasteiger partial charge >= 0.3 is 0 Å². The predicted molar refractivity (Wildman–Crippen MR) is 119 cm³/mol. The maximum Gasteiger partial charge on any atom is 0.255 e. The molecule has 2 fully saturated rings. The first-order chi connectivity index (χ1) is 21.3. The van der Waals surface area contributed by atoms with Gasteiger partial charge in [0.2, 0.25) is 11.8 Å². The van der Waals surface area contributed by atoms with E-state index in [-0.39, 0.29) is 34.4 Å². The number of hydrogen-bond donors (Lipinski definition) is 1. The summed E-state index contributed by atoms with van der Waals surface area (Å²) in [5.41, 5.74) is -1.38. The second kappa shape index (κ2) is 9.33. The van der Waals surface area contributed by atoms with Crippen molar-refractivity contribution in [3.63, 3.8) is 0 Å². The molecular weight excluding hydrogens is 422 g/mol. The number of nitrogens with zero attached hydrogens (tertiary/aromatic N) is 2. The predicted octanol–water partition coefficient (Wildman–Crippen LogP) is 1.86. The van der Waals surface area contributed by atoms with Gasteiger partial charge in [-0.2, -0.15) is 0 Å². The van der Waals surface area contributed by atoms with Gasteiger partial charge in [-0.1, -0.05) is 30.3 Å². The van der Waals surface area contributed by atoms with Gasteiger partial charge in [-0.3, -0.25) is 24.6 Å². The fourth-order valence-corrected chi connectivity index (χ4v) is 3.46. The molecule has 5 rings (SSSR count). The molecule has 8 heteroatoms. The Bertz CT molecular complexity index is 1620. The molecule has 0 unspecified atom stereocenters. The number of imide groups is 1. The van der Waals surface area contributed by atoms with Crippen LogP contribution in [0.15, 0.2) is 42.5 Å². The first kappa shape index (κ1) is 10.8.